The van der Waals surface area contributed by atoms with Crippen LogP contribution in [-0.4, -0.2) is 31.6 Å². The fraction of sp³-hybridized carbons (Fsp3) is 0.417. The number of benzene rings is 1. The number of esters is 1. The Kier molecular flexibility index (Phi) is 4.96. The van der Waals surface area contributed by atoms with E-state index in [2.05, 4.69) is 20.8 Å². The van der Waals surface area contributed by atoms with Crippen molar-refractivity contribution in [2.24, 2.45) is 0 Å². The number of rotatable bonds is 4. The molecule has 0 saturated carbocycles. The third-order valence-electron chi connectivity index (χ3n) is 1.97. The van der Waals surface area contributed by atoms with Crippen LogP contribution in [0.2, 0.25) is 0 Å². The SMILES string of the molecule is CCOC(=O)c1cc(Br)cc(CN(C)C)c1. The monoisotopic (exact) mass is 285 g/mol. The zero-order chi connectivity index (χ0) is 12.1. The molecule has 3 nitrogen and oxygen atoms in total. The third-order valence-corrected chi connectivity index (χ3v) is 2.43. The first-order chi connectivity index (χ1) is 7.52. The van der Waals surface area contributed by atoms with E-state index in [1.165, 1.54) is 0 Å². The molecular formula is C12H16BrNO2. The summed E-state index contributed by atoms with van der Waals surface area (Å²) in [5.41, 5.74) is 1.68. The molecule has 0 radical (unpaired) electrons. The second-order valence-corrected chi connectivity index (χ2v) is 4.72. The summed E-state index contributed by atoms with van der Waals surface area (Å²) in [6, 6.07) is 5.64. The van der Waals surface area contributed by atoms with Crippen LogP contribution in [0.4, 0.5) is 0 Å². The molecule has 1 aromatic carbocycles. The minimum Gasteiger partial charge on any atom is -0.462 e. The number of carbonyl (C=O) groups excluding carboxylic acids is 1. The molecule has 1 rings (SSSR count). The van der Waals surface area contributed by atoms with Crippen LogP contribution < -0.4 is 0 Å². The van der Waals surface area contributed by atoms with E-state index in [0.29, 0.717) is 12.2 Å². The van der Waals surface area contributed by atoms with Crippen molar-refractivity contribution in [3.8, 4) is 0 Å². The van der Waals surface area contributed by atoms with Crippen LogP contribution in [0.1, 0.15) is 22.8 Å². The first kappa shape index (κ1) is 13.2. The van der Waals surface area contributed by atoms with E-state index in [1.54, 1.807) is 13.0 Å². The molecule has 88 valence electrons. The lowest BCUT2D eigenvalue weighted by Crippen LogP contribution is -2.12. The van der Waals surface area contributed by atoms with Gasteiger partial charge in [0.1, 0.15) is 0 Å². The summed E-state index contributed by atoms with van der Waals surface area (Å²) in [4.78, 5) is 13.6. The molecule has 0 amide bonds. The van der Waals surface area contributed by atoms with E-state index >= 15 is 0 Å². The Labute approximate surface area is 105 Å². The molecule has 4 heteroatoms. The van der Waals surface area contributed by atoms with Gasteiger partial charge >= 0.3 is 5.97 Å². The third kappa shape index (κ3) is 3.94. The lowest BCUT2D eigenvalue weighted by Gasteiger charge is -2.11. The number of carbonyl (C=O) groups is 1. The Morgan fingerprint density at radius 1 is 1.38 bits per heavy atom. The minimum atomic E-state index is -0.274. The highest BCUT2D eigenvalue weighted by atomic mass is 79.9. The maximum Gasteiger partial charge on any atom is 0.338 e. The van der Waals surface area contributed by atoms with Gasteiger partial charge in [-0.3, -0.25) is 0 Å². The molecular weight excluding hydrogens is 270 g/mol. The highest BCUT2D eigenvalue weighted by Gasteiger charge is 2.09. The van der Waals surface area contributed by atoms with Gasteiger partial charge in [-0.1, -0.05) is 15.9 Å². The van der Waals surface area contributed by atoms with Gasteiger partial charge in [0.15, 0.2) is 0 Å². The van der Waals surface area contributed by atoms with Crippen LogP contribution in [0.25, 0.3) is 0 Å². The van der Waals surface area contributed by atoms with Gasteiger partial charge in [0.2, 0.25) is 0 Å². The maximum absolute atomic E-state index is 11.6. The molecule has 0 saturated heterocycles. The summed E-state index contributed by atoms with van der Waals surface area (Å²) in [5, 5.41) is 0. The summed E-state index contributed by atoms with van der Waals surface area (Å²) in [5.74, 6) is -0.274. The zero-order valence-corrected chi connectivity index (χ0v) is 11.4. The second kappa shape index (κ2) is 6.01. The van der Waals surface area contributed by atoms with E-state index in [1.807, 2.05) is 26.2 Å². The van der Waals surface area contributed by atoms with Crippen LogP contribution >= 0.6 is 15.9 Å². The first-order valence-corrected chi connectivity index (χ1v) is 5.93. The van der Waals surface area contributed by atoms with Crippen LogP contribution in [0.3, 0.4) is 0 Å². The summed E-state index contributed by atoms with van der Waals surface area (Å²) < 4.78 is 5.87. The van der Waals surface area contributed by atoms with Gasteiger partial charge in [-0.2, -0.15) is 0 Å². The van der Waals surface area contributed by atoms with Crippen molar-refractivity contribution < 1.29 is 9.53 Å². The average molecular weight is 286 g/mol. The molecule has 0 unspecified atom stereocenters. The van der Waals surface area contributed by atoms with E-state index < -0.39 is 0 Å². The number of ether oxygens (including phenoxy) is 1. The van der Waals surface area contributed by atoms with E-state index in [-0.39, 0.29) is 5.97 Å². The van der Waals surface area contributed by atoms with Crippen molar-refractivity contribution in [1.82, 2.24) is 4.90 Å². The Morgan fingerprint density at radius 2 is 2.06 bits per heavy atom. The van der Waals surface area contributed by atoms with Gasteiger partial charge < -0.3 is 9.64 Å². The lowest BCUT2D eigenvalue weighted by atomic mass is 10.1. The summed E-state index contributed by atoms with van der Waals surface area (Å²) >= 11 is 3.40. The molecule has 0 fully saturated rings. The number of halogens is 1. The van der Waals surface area contributed by atoms with Crippen LogP contribution in [0.5, 0.6) is 0 Å². The lowest BCUT2D eigenvalue weighted by molar-refractivity contribution is 0.0526. The second-order valence-electron chi connectivity index (χ2n) is 3.81. The molecule has 0 aliphatic carbocycles. The summed E-state index contributed by atoms with van der Waals surface area (Å²) in [7, 11) is 3.98. The van der Waals surface area contributed by atoms with Gasteiger partial charge in [-0.15, -0.1) is 0 Å². The fourth-order valence-corrected chi connectivity index (χ4v) is 1.98. The Hall–Kier alpha value is -0.870. The van der Waals surface area contributed by atoms with Crippen molar-refractivity contribution in [3.05, 3.63) is 33.8 Å². The van der Waals surface area contributed by atoms with Gasteiger partial charge in [-0.25, -0.2) is 4.79 Å². The zero-order valence-electron chi connectivity index (χ0n) is 9.79. The summed E-state index contributed by atoms with van der Waals surface area (Å²) in [6.45, 7) is 3.00. The molecule has 0 N–H and O–H groups in total. The van der Waals surface area contributed by atoms with Gasteiger partial charge in [0.05, 0.1) is 12.2 Å². The van der Waals surface area contributed by atoms with Crippen LogP contribution in [0, 0.1) is 0 Å². The Balaban J connectivity index is 2.93. The molecule has 0 aromatic heterocycles. The molecule has 16 heavy (non-hydrogen) atoms. The van der Waals surface area contributed by atoms with Gasteiger partial charge in [0.25, 0.3) is 0 Å². The Morgan fingerprint density at radius 3 is 2.62 bits per heavy atom. The predicted octanol–water partition coefficient (Wildman–Crippen LogP) is 2.69. The molecule has 0 spiro atoms. The summed E-state index contributed by atoms with van der Waals surface area (Å²) in [6.07, 6.45) is 0. The van der Waals surface area contributed by atoms with Crippen molar-refractivity contribution in [2.75, 3.05) is 20.7 Å². The quantitative estimate of drug-likeness (QED) is 0.797. The van der Waals surface area contributed by atoms with E-state index in [4.69, 9.17) is 4.74 Å². The van der Waals surface area contributed by atoms with Gasteiger partial charge in [0, 0.05) is 11.0 Å². The van der Waals surface area contributed by atoms with E-state index in [9.17, 15) is 4.79 Å². The predicted molar refractivity (Wildman–Crippen MR) is 67.5 cm³/mol. The van der Waals surface area contributed by atoms with Crippen molar-refractivity contribution >= 4 is 21.9 Å². The van der Waals surface area contributed by atoms with Crippen molar-refractivity contribution in [1.29, 1.82) is 0 Å². The molecule has 0 bridgehead atoms. The molecule has 0 atom stereocenters. The normalized spacial score (nSPS) is 10.6. The molecule has 0 aliphatic rings. The van der Waals surface area contributed by atoms with Crippen molar-refractivity contribution in [3.63, 3.8) is 0 Å². The first-order valence-electron chi connectivity index (χ1n) is 5.14. The van der Waals surface area contributed by atoms with Crippen molar-refractivity contribution in [2.45, 2.75) is 13.5 Å². The molecule has 0 aliphatic heterocycles. The average Bonchev–Trinajstić information content (AvgIpc) is 2.15. The largest absolute Gasteiger partial charge is 0.462 e. The standard InChI is InChI=1S/C12H16BrNO2/c1-4-16-12(15)10-5-9(8-14(2)3)6-11(13)7-10/h5-7H,4,8H2,1-3H3. The van der Waals surface area contributed by atoms with Gasteiger partial charge in [-0.05, 0) is 44.8 Å². The number of hydrogen-bond acceptors (Lipinski definition) is 3. The van der Waals surface area contributed by atoms with Crippen LogP contribution in [0.15, 0.2) is 22.7 Å². The number of hydrogen-bond donors (Lipinski definition) is 0. The molecule has 1 aromatic rings. The smallest absolute Gasteiger partial charge is 0.338 e. The van der Waals surface area contributed by atoms with E-state index in [0.717, 1.165) is 16.6 Å². The highest BCUT2D eigenvalue weighted by Crippen LogP contribution is 2.17. The highest BCUT2D eigenvalue weighted by molar-refractivity contribution is 9.10. The minimum absolute atomic E-state index is 0.274. The topological polar surface area (TPSA) is 29.5 Å². The Bertz CT molecular complexity index is 377. The molecule has 0 heterocycles. The fourth-order valence-electron chi connectivity index (χ4n) is 1.44. The van der Waals surface area contributed by atoms with Crippen LogP contribution in [-0.2, 0) is 11.3 Å². The maximum atomic E-state index is 11.6. The number of nitrogens with zero attached hydrogens (tertiary/aromatic N) is 1.